The van der Waals surface area contributed by atoms with Crippen LogP contribution in [0.3, 0.4) is 0 Å². The second kappa shape index (κ2) is 17.8. The lowest BCUT2D eigenvalue weighted by Gasteiger charge is -2.19. The molecule has 0 bridgehead atoms. The minimum Gasteiger partial charge on any atom is -0.313 e. The normalized spacial score (nSPS) is 24.2. The summed E-state index contributed by atoms with van der Waals surface area (Å²) in [5.74, 6) is 0. The lowest BCUT2D eigenvalue weighted by Crippen LogP contribution is -2.31. The van der Waals surface area contributed by atoms with Gasteiger partial charge in [-0.25, -0.2) is 0 Å². The van der Waals surface area contributed by atoms with Gasteiger partial charge in [0.2, 0.25) is 0 Å². The van der Waals surface area contributed by atoms with Crippen LogP contribution in [0.2, 0.25) is 0 Å². The Balaban J connectivity index is 2.46. The highest BCUT2D eigenvalue weighted by Crippen LogP contribution is 1.90. The van der Waals surface area contributed by atoms with Crippen molar-refractivity contribution < 1.29 is 0 Å². The molecule has 0 unspecified atom stereocenters. The van der Waals surface area contributed by atoms with Crippen molar-refractivity contribution in [2.24, 2.45) is 30.0 Å². The van der Waals surface area contributed by atoms with Gasteiger partial charge in [-0.15, -0.1) is 0 Å². The van der Waals surface area contributed by atoms with Gasteiger partial charge in [-0.3, -0.25) is 34.9 Å². The van der Waals surface area contributed by atoms with Gasteiger partial charge in [-0.1, -0.05) is 0 Å². The monoisotopic (exact) mass is 360 g/mol. The molecule has 1 aliphatic rings. The molecule has 0 saturated carbocycles. The maximum Gasteiger partial charge on any atom is 0.0517 e. The predicted molar refractivity (Wildman–Crippen MR) is 115 cm³/mol. The van der Waals surface area contributed by atoms with E-state index in [9.17, 15) is 0 Å². The Morgan fingerprint density at radius 2 is 1.38 bits per heavy atom. The van der Waals surface area contributed by atoms with Crippen molar-refractivity contribution in [3.63, 3.8) is 0 Å². The van der Waals surface area contributed by atoms with E-state index < -0.39 is 0 Å². The molecule has 0 aromatic carbocycles. The van der Waals surface area contributed by atoms with Crippen molar-refractivity contribution in [2.75, 3.05) is 72.0 Å². The molecule has 1 aliphatic heterocycles. The summed E-state index contributed by atoms with van der Waals surface area (Å²) >= 11 is 0. The Bertz CT molecular complexity index is 463. The molecule has 26 heavy (non-hydrogen) atoms. The Morgan fingerprint density at radius 1 is 0.846 bits per heavy atom. The van der Waals surface area contributed by atoms with Gasteiger partial charge < -0.3 is 5.32 Å². The zero-order valence-corrected chi connectivity index (χ0v) is 15.9. The van der Waals surface area contributed by atoms with E-state index in [0.717, 1.165) is 72.0 Å². The van der Waals surface area contributed by atoms with E-state index in [1.165, 1.54) is 0 Å². The molecule has 0 amide bonds. The first-order chi connectivity index (χ1) is 12.9. The second-order valence-electron chi connectivity index (χ2n) is 5.52. The Labute approximate surface area is 157 Å². The van der Waals surface area contributed by atoms with Crippen LogP contribution in [0.5, 0.6) is 0 Å². The topological polar surface area (TPSA) is 89.4 Å². The number of hydrogen-bond donors (Lipinski definition) is 1. The molecule has 8 nitrogen and oxygen atoms in total. The second-order valence-corrected chi connectivity index (χ2v) is 5.52. The average Bonchev–Trinajstić information content (AvgIpc) is 2.65. The quantitative estimate of drug-likeness (QED) is 0.716. The molecule has 0 fully saturated rings. The molecule has 8 heteroatoms. The van der Waals surface area contributed by atoms with Gasteiger partial charge >= 0.3 is 0 Å². The highest BCUT2D eigenvalue weighted by Gasteiger charge is 2.02. The zero-order chi connectivity index (χ0) is 18.5. The molecule has 1 rings (SSSR count). The highest BCUT2D eigenvalue weighted by molar-refractivity contribution is 6.16. The van der Waals surface area contributed by atoms with E-state index in [1.54, 1.807) is 37.3 Å². The van der Waals surface area contributed by atoms with Gasteiger partial charge in [-0.2, -0.15) is 0 Å². The third kappa shape index (κ3) is 14.3. The van der Waals surface area contributed by atoms with E-state index in [1.807, 2.05) is 6.92 Å². The summed E-state index contributed by atoms with van der Waals surface area (Å²) in [5, 5.41) is 3.29. The van der Waals surface area contributed by atoms with Gasteiger partial charge in [0.1, 0.15) is 0 Å². The Hall–Kier alpha value is -2.06. The van der Waals surface area contributed by atoms with Crippen molar-refractivity contribution in [2.45, 2.75) is 6.92 Å². The summed E-state index contributed by atoms with van der Waals surface area (Å²) in [6, 6.07) is 0. The summed E-state index contributed by atoms with van der Waals surface area (Å²) in [5.41, 5.74) is 0. The van der Waals surface area contributed by atoms with Crippen LogP contribution < -0.4 is 5.32 Å². The first-order valence-electron chi connectivity index (χ1n) is 9.31. The third-order valence-corrected chi connectivity index (χ3v) is 3.49. The van der Waals surface area contributed by atoms with Crippen molar-refractivity contribution >= 4 is 37.3 Å². The maximum atomic E-state index is 4.40. The van der Waals surface area contributed by atoms with Crippen molar-refractivity contribution in [3.8, 4) is 0 Å². The van der Waals surface area contributed by atoms with Crippen LogP contribution in [0.1, 0.15) is 6.92 Å². The molecule has 144 valence electrons. The zero-order valence-electron chi connectivity index (χ0n) is 15.9. The van der Waals surface area contributed by atoms with Gasteiger partial charge in [0.25, 0.3) is 0 Å². The van der Waals surface area contributed by atoms with Crippen molar-refractivity contribution in [1.29, 1.82) is 0 Å². The SMILES string of the molecule is CC/N=C/C=N/CCN1CC/N=C/C=N/CCNCC/N=C/C=N/CC1. The lowest BCUT2D eigenvalue weighted by atomic mass is 10.4. The first-order valence-corrected chi connectivity index (χ1v) is 9.31. The third-order valence-electron chi connectivity index (χ3n) is 3.49. The number of nitrogens with zero attached hydrogens (tertiary/aromatic N) is 7. The predicted octanol–water partition coefficient (Wildman–Crippen LogP) is 0.336. The van der Waals surface area contributed by atoms with E-state index in [0.29, 0.717) is 0 Å². The van der Waals surface area contributed by atoms with Crippen LogP contribution in [0.4, 0.5) is 0 Å². The molecular weight excluding hydrogens is 328 g/mol. The largest absolute Gasteiger partial charge is 0.313 e. The van der Waals surface area contributed by atoms with Gasteiger partial charge in [-0.05, 0) is 6.92 Å². The first kappa shape index (κ1) is 22.0. The van der Waals surface area contributed by atoms with Crippen LogP contribution >= 0.6 is 0 Å². The number of rotatable bonds is 5. The Kier molecular flexibility index (Phi) is 15.0. The molecule has 0 aromatic rings. The number of aliphatic imine (C=N–C) groups is 6. The lowest BCUT2D eigenvalue weighted by molar-refractivity contribution is 0.298. The summed E-state index contributed by atoms with van der Waals surface area (Å²) in [4.78, 5) is 28.2. The molecule has 0 aromatic heterocycles. The fourth-order valence-electron chi connectivity index (χ4n) is 2.11. The number of nitrogens with one attached hydrogen (secondary N) is 1. The van der Waals surface area contributed by atoms with Crippen LogP contribution in [-0.4, -0.2) is 114 Å². The van der Waals surface area contributed by atoms with Gasteiger partial charge in [0.15, 0.2) is 0 Å². The van der Waals surface area contributed by atoms with Gasteiger partial charge in [0, 0.05) is 76.6 Å². The van der Waals surface area contributed by atoms with Crippen molar-refractivity contribution in [3.05, 3.63) is 0 Å². The molecule has 0 radical (unpaired) electrons. The van der Waals surface area contributed by atoms with Gasteiger partial charge in [0.05, 0.1) is 32.7 Å². The van der Waals surface area contributed by atoms with E-state index >= 15 is 0 Å². The summed E-state index contributed by atoms with van der Waals surface area (Å²) < 4.78 is 0. The summed E-state index contributed by atoms with van der Waals surface area (Å²) in [6.07, 6.45) is 10.6. The molecule has 1 N–H and O–H groups in total. The fraction of sp³-hybridized carbons (Fsp3) is 0.667. The van der Waals surface area contributed by atoms with E-state index in [-0.39, 0.29) is 0 Å². The Morgan fingerprint density at radius 3 is 1.96 bits per heavy atom. The van der Waals surface area contributed by atoms with E-state index in [4.69, 9.17) is 0 Å². The van der Waals surface area contributed by atoms with E-state index in [2.05, 4.69) is 40.2 Å². The van der Waals surface area contributed by atoms with Crippen LogP contribution in [0.15, 0.2) is 30.0 Å². The molecular formula is C18H32N8. The van der Waals surface area contributed by atoms with Crippen LogP contribution in [-0.2, 0) is 0 Å². The standard InChI is InChI=1S/C18H32N8/c1-2-19-3-4-23-13-16-26-17-14-24-11-9-21-7-5-20-6-8-22-10-12-25-15-18-26/h3-4,9-12,20H,2,5-8,13-18H2,1H3/b19-3+,21-9+,22-10+,23-4+,24-11+,25-12+. The minimum atomic E-state index is 0.746. The van der Waals surface area contributed by atoms with Crippen LogP contribution in [0, 0.1) is 0 Å². The smallest absolute Gasteiger partial charge is 0.0517 e. The maximum absolute atomic E-state index is 4.40. The summed E-state index contributed by atoms with van der Waals surface area (Å²) in [7, 11) is 0. The van der Waals surface area contributed by atoms with Crippen molar-refractivity contribution in [1.82, 2.24) is 10.2 Å². The summed E-state index contributed by atoms with van der Waals surface area (Å²) in [6.45, 7) is 10.9. The molecule has 0 atom stereocenters. The average molecular weight is 361 g/mol. The molecule has 0 saturated heterocycles. The molecule has 1 heterocycles. The highest BCUT2D eigenvalue weighted by atomic mass is 15.1. The molecule has 0 spiro atoms. The fourth-order valence-corrected chi connectivity index (χ4v) is 2.11. The molecule has 0 aliphatic carbocycles. The number of hydrogen-bond acceptors (Lipinski definition) is 8. The van der Waals surface area contributed by atoms with Crippen LogP contribution in [0.25, 0.3) is 0 Å². The minimum absolute atomic E-state index is 0.746.